The Morgan fingerprint density at radius 1 is 1.10 bits per heavy atom. The number of esters is 1. The zero-order valence-electron chi connectivity index (χ0n) is 16.4. The fourth-order valence-corrected chi connectivity index (χ4v) is 3.35. The number of carbonyl (C=O) groups is 1. The van der Waals surface area contributed by atoms with Crippen LogP contribution in [0.15, 0.2) is 27.4 Å². The molecule has 3 rings (SSSR count). The first-order valence-corrected chi connectivity index (χ1v) is 9.55. The second kappa shape index (κ2) is 8.70. The predicted molar refractivity (Wildman–Crippen MR) is 115 cm³/mol. The van der Waals surface area contributed by atoms with E-state index in [-0.39, 0.29) is 33.6 Å². The van der Waals surface area contributed by atoms with E-state index in [4.69, 9.17) is 43.8 Å². The summed E-state index contributed by atoms with van der Waals surface area (Å²) in [5, 5.41) is -0.287. The summed E-state index contributed by atoms with van der Waals surface area (Å²) in [4.78, 5) is 25.8. The number of ether oxygens (including phenoxy) is 1. The summed E-state index contributed by atoms with van der Waals surface area (Å²) in [7, 11) is 3.25. The molecule has 11 heteroatoms. The van der Waals surface area contributed by atoms with Crippen molar-refractivity contribution in [1.29, 1.82) is 0 Å². The Bertz CT molecular complexity index is 1240. The third-order valence-electron chi connectivity index (χ3n) is 4.37. The number of carbonyl (C=O) groups excluding carboxylic acids is 1. The summed E-state index contributed by atoms with van der Waals surface area (Å²) in [6, 6.07) is 3.76. The highest BCUT2D eigenvalue weighted by Gasteiger charge is 2.24. The van der Waals surface area contributed by atoms with E-state index < -0.39 is 51.9 Å². The first kappa shape index (κ1) is 22.8. The van der Waals surface area contributed by atoms with E-state index in [0.717, 1.165) is 6.07 Å². The van der Waals surface area contributed by atoms with Crippen molar-refractivity contribution in [3.05, 3.63) is 55.7 Å². The van der Waals surface area contributed by atoms with Gasteiger partial charge in [-0.2, -0.15) is 0 Å². The van der Waals surface area contributed by atoms with Crippen LogP contribution in [0.1, 0.15) is 5.56 Å². The van der Waals surface area contributed by atoms with E-state index in [0.29, 0.717) is 0 Å². The smallest absolute Gasteiger partial charge is 0.320 e. The van der Waals surface area contributed by atoms with Crippen molar-refractivity contribution in [3.63, 3.8) is 0 Å². The van der Waals surface area contributed by atoms with Gasteiger partial charge in [0.1, 0.15) is 12.4 Å². The lowest BCUT2D eigenvalue weighted by Gasteiger charge is -2.13. The Morgan fingerprint density at radius 2 is 1.71 bits per heavy atom. The highest BCUT2D eigenvalue weighted by atomic mass is 35.5. The number of nitrogens with two attached hydrogens (primary N) is 2. The highest BCUT2D eigenvalue weighted by Crippen LogP contribution is 2.36. The molecule has 0 saturated carbocycles. The highest BCUT2D eigenvalue weighted by molar-refractivity contribution is 6.39. The van der Waals surface area contributed by atoms with Crippen LogP contribution in [0.25, 0.3) is 22.3 Å². The molecule has 7 nitrogen and oxygen atoms in total. The van der Waals surface area contributed by atoms with E-state index in [1.807, 2.05) is 0 Å². The molecule has 0 radical (unpaired) electrons. The number of hydrogen-bond acceptors (Lipinski definition) is 7. The maximum absolute atomic E-state index is 15.1. The van der Waals surface area contributed by atoms with Gasteiger partial charge in [-0.05, 0) is 26.2 Å². The molecular weight excluding hydrogens is 455 g/mol. The van der Waals surface area contributed by atoms with Gasteiger partial charge < -0.3 is 20.6 Å². The molecule has 0 aliphatic heterocycles. The molecular formula is C20H17Cl2F2N3O4. The number of rotatable bonds is 5. The second-order valence-electron chi connectivity index (χ2n) is 6.95. The Balaban J connectivity index is 2.15. The minimum absolute atomic E-state index is 0.0931. The minimum Gasteiger partial charge on any atom is -0.460 e. The lowest BCUT2D eigenvalue weighted by Crippen LogP contribution is -2.23. The number of halogens is 4. The van der Waals surface area contributed by atoms with E-state index in [1.165, 1.54) is 17.0 Å². The molecule has 1 aromatic heterocycles. The summed E-state index contributed by atoms with van der Waals surface area (Å²) in [5.74, 6) is -3.22. The van der Waals surface area contributed by atoms with Crippen LogP contribution in [0.4, 0.5) is 20.2 Å². The maximum Gasteiger partial charge on any atom is 0.320 e. The number of anilines is 2. The third kappa shape index (κ3) is 4.43. The maximum atomic E-state index is 15.1. The molecule has 164 valence electrons. The van der Waals surface area contributed by atoms with Crippen molar-refractivity contribution in [1.82, 2.24) is 4.90 Å². The van der Waals surface area contributed by atoms with Crippen molar-refractivity contribution >= 4 is 51.5 Å². The van der Waals surface area contributed by atoms with Gasteiger partial charge in [-0.3, -0.25) is 14.5 Å². The van der Waals surface area contributed by atoms with Crippen LogP contribution in [0, 0.1) is 11.6 Å². The van der Waals surface area contributed by atoms with Crippen LogP contribution in [-0.4, -0.2) is 31.5 Å². The van der Waals surface area contributed by atoms with Gasteiger partial charge in [0, 0.05) is 11.6 Å². The van der Waals surface area contributed by atoms with Crippen LogP contribution >= 0.6 is 23.2 Å². The van der Waals surface area contributed by atoms with Gasteiger partial charge in [0.25, 0.3) is 0 Å². The molecule has 0 amide bonds. The summed E-state index contributed by atoms with van der Waals surface area (Å²) in [6.07, 6.45) is 0. The number of fused-ring (bicyclic) bond motifs is 1. The minimum atomic E-state index is -1.22. The number of benzene rings is 2. The fourth-order valence-electron chi connectivity index (χ4n) is 2.86. The van der Waals surface area contributed by atoms with E-state index in [9.17, 15) is 14.0 Å². The molecule has 0 spiro atoms. The molecule has 0 unspecified atom stereocenters. The lowest BCUT2D eigenvalue weighted by atomic mass is 10.1. The molecule has 4 N–H and O–H groups in total. The summed E-state index contributed by atoms with van der Waals surface area (Å²) in [5.41, 5.74) is 9.13. The normalized spacial score (nSPS) is 11.3. The largest absolute Gasteiger partial charge is 0.460 e. The standard InChI is InChI=1S/C20H17Cl2F2N3O4/c1-27(2)6-14(29)30-7-9-16(23)19(26)15-12(28)5-13(31-20(15)17(9)24)8-3-10(21)18(25)11(22)4-8/h3-5H,6-7,25-26H2,1-2H3. The lowest BCUT2D eigenvalue weighted by molar-refractivity contribution is -0.145. The molecule has 1 heterocycles. The molecule has 0 fully saturated rings. The quantitative estimate of drug-likeness (QED) is 0.429. The van der Waals surface area contributed by atoms with Crippen molar-refractivity contribution in [2.45, 2.75) is 6.61 Å². The Kier molecular flexibility index (Phi) is 6.40. The summed E-state index contributed by atoms with van der Waals surface area (Å²) >= 11 is 12.0. The van der Waals surface area contributed by atoms with Crippen LogP contribution < -0.4 is 16.9 Å². The topological polar surface area (TPSA) is 112 Å². The molecule has 2 aromatic carbocycles. The zero-order chi connectivity index (χ0) is 23.0. The van der Waals surface area contributed by atoms with Gasteiger partial charge in [-0.25, -0.2) is 8.78 Å². The van der Waals surface area contributed by atoms with Crippen LogP contribution in [-0.2, 0) is 16.1 Å². The van der Waals surface area contributed by atoms with Gasteiger partial charge in [0.05, 0.1) is 38.9 Å². The predicted octanol–water partition coefficient (Wildman–Crippen LogP) is 3.81. The molecule has 0 atom stereocenters. The van der Waals surface area contributed by atoms with E-state index in [1.54, 1.807) is 14.1 Å². The molecule has 0 bridgehead atoms. The average Bonchev–Trinajstić information content (AvgIpc) is 2.68. The van der Waals surface area contributed by atoms with E-state index in [2.05, 4.69) is 0 Å². The van der Waals surface area contributed by atoms with Crippen molar-refractivity contribution in [2.24, 2.45) is 0 Å². The third-order valence-corrected chi connectivity index (χ3v) is 4.99. The van der Waals surface area contributed by atoms with Crippen LogP contribution in [0.3, 0.4) is 0 Å². The summed E-state index contributed by atoms with van der Waals surface area (Å²) < 4.78 is 40.2. The van der Waals surface area contributed by atoms with Crippen molar-refractivity contribution in [3.8, 4) is 11.3 Å². The number of likely N-dealkylation sites (N-methyl/N-ethyl adjacent to an activating group) is 1. The van der Waals surface area contributed by atoms with Crippen molar-refractivity contribution in [2.75, 3.05) is 32.1 Å². The monoisotopic (exact) mass is 471 g/mol. The van der Waals surface area contributed by atoms with Crippen molar-refractivity contribution < 1.29 is 22.7 Å². The Hall–Kier alpha value is -2.88. The molecule has 31 heavy (non-hydrogen) atoms. The molecule has 3 aromatic rings. The fraction of sp³-hybridized carbons (Fsp3) is 0.200. The van der Waals surface area contributed by atoms with Gasteiger partial charge >= 0.3 is 5.97 Å². The first-order chi connectivity index (χ1) is 14.5. The molecule has 0 saturated heterocycles. The number of nitrogens with zero attached hydrogens (tertiary/aromatic N) is 1. The van der Waals surface area contributed by atoms with Crippen LogP contribution in [0.5, 0.6) is 0 Å². The average molecular weight is 472 g/mol. The van der Waals surface area contributed by atoms with Gasteiger partial charge in [-0.1, -0.05) is 23.2 Å². The molecule has 0 aliphatic carbocycles. The Labute approximate surface area is 185 Å². The number of hydrogen-bond donors (Lipinski definition) is 2. The second-order valence-corrected chi connectivity index (χ2v) is 7.77. The zero-order valence-corrected chi connectivity index (χ0v) is 17.9. The van der Waals surface area contributed by atoms with Crippen LogP contribution in [0.2, 0.25) is 10.0 Å². The SMILES string of the molecule is CN(C)CC(=O)OCc1c(F)c(N)c2c(=O)cc(-c3cc(Cl)c(N)c(Cl)c3)oc2c1F. The van der Waals surface area contributed by atoms with Gasteiger partial charge in [0.2, 0.25) is 0 Å². The Morgan fingerprint density at radius 3 is 2.29 bits per heavy atom. The number of nitrogen functional groups attached to an aromatic ring is 2. The van der Waals surface area contributed by atoms with Gasteiger partial charge in [0.15, 0.2) is 22.6 Å². The first-order valence-electron chi connectivity index (χ1n) is 8.79. The summed E-state index contributed by atoms with van der Waals surface area (Å²) in [6.45, 7) is -0.831. The molecule has 0 aliphatic rings. The van der Waals surface area contributed by atoms with Gasteiger partial charge in [-0.15, -0.1) is 0 Å². The van der Waals surface area contributed by atoms with E-state index >= 15 is 4.39 Å².